The van der Waals surface area contributed by atoms with E-state index >= 15 is 0 Å². The Morgan fingerprint density at radius 3 is 2.55 bits per heavy atom. The average Bonchev–Trinajstić information content (AvgIpc) is 3.29. The first-order valence-corrected chi connectivity index (χ1v) is 8.91. The Morgan fingerprint density at radius 2 is 1.91 bits per heavy atom. The summed E-state index contributed by atoms with van der Waals surface area (Å²) in [7, 11) is 0. The summed E-state index contributed by atoms with van der Waals surface area (Å²) in [5, 5.41) is 12.5. The highest BCUT2D eigenvalue weighted by molar-refractivity contribution is 7.15. The van der Waals surface area contributed by atoms with Crippen molar-refractivity contribution in [2.45, 2.75) is 45.4 Å². The summed E-state index contributed by atoms with van der Waals surface area (Å²) in [6, 6.07) is 0. The zero-order valence-corrected chi connectivity index (χ0v) is 13.7. The van der Waals surface area contributed by atoms with Crippen molar-refractivity contribution in [3.05, 3.63) is 5.01 Å². The maximum absolute atomic E-state index is 12.3. The first kappa shape index (κ1) is 15.4. The van der Waals surface area contributed by atoms with Gasteiger partial charge in [0.05, 0.1) is 0 Å². The first-order chi connectivity index (χ1) is 10.7. The Kier molecular flexibility index (Phi) is 4.71. The van der Waals surface area contributed by atoms with E-state index in [1.54, 1.807) is 0 Å². The first-order valence-electron chi connectivity index (χ1n) is 8.09. The number of hydrogen-bond donors (Lipinski definition) is 1. The van der Waals surface area contributed by atoms with Gasteiger partial charge in [-0.05, 0) is 32.1 Å². The van der Waals surface area contributed by atoms with Gasteiger partial charge in [0.1, 0.15) is 5.01 Å². The molecule has 0 aromatic carbocycles. The summed E-state index contributed by atoms with van der Waals surface area (Å²) >= 11 is 1.45. The van der Waals surface area contributed by atoms with Gasteiger partial charge in [-0.2, -0.15) is 0 Å². The molecule has 2 heterocycles. The van der Waals surface area contributed by atoms with Gasteiger partial charge in [-0.1, -0.05) is 18.3 Å². The van der Waals surface area contributed by atoms with Crippen LogP contribution in [0.5, 0.6) is 0 Å². The molecule has 120 valence electrons. The Labute approximate surface area is 134 Å². The van der Waals surface area contributed by atoms with Crippen LogP contribution in [0.4, 0.5) is 5.13 Å². The van der Waals surface area contributed by atoms with Crippen molar-refractivity contribution in [1.82, 2.24) is 15.1 Å². The number of anilines is 1. The third-order valence-corrected chi connectivity index (χ3v) is 5.16. The van der Waals surface area contributed by atoms with Gasteiger partial charge in [0.25, 0.3) is 0 Å². The number of nitrogens with one attached hydrogen (secondary N) is 1. The van der Waals surface area contributed by atoms with Crippen LogP contribution >= 0.6 is 11.3 Å². The summed E-state index contributed by atoms with van der Waals surface area (Å²) < 4.78 is 0. The number of amides is 2. The molecule has 2 aliphatic rings. The largest absolute Gasteiger partial charge is 0.342 e. The van der Waals surface area contributed by atoms with Crippen LogP contribution in [-0.4, -0.2) is 40.0 Å². The minimum atomic E-state index is -0.0261. The second kappa shape index (κ2) is 6.73. The van der Waals surface area contributed by atoms with Gasteiger partial charge in [-0.25, -0.2) is 0 Å². The molecule has 3 rings (SSSR count). The van der Waals surface area contributed by atoms with Crippen molar-refractivity contribution in [3.63, 3.8) is 0 Å². The SMILES string of the molecule is CCCc1nnc(NC(=O)C2CCN(C(=O)C3CC3)CC2)s1. The Hall–Kier alpha value is -1.50. The van der Waals surface area contributed by atoms with E-state index in [2.05, 4.69) is 22.4 Å². The van der Waals surface area contributed by atoms with Crippen molar-refractivity contribution < 1.29 is 9.59 Å². The van der Waals surface area contributed by atoms with Gasteiger partial charge in [-0.3, -0.25) is 9.59 Å². The molecule has 0 bridgehead atoms. The lowest BCUT2D eigenvalue weighted by Gasteiger charge is -2.31. The zero-order chi connectivity index (χ0) is 15.5. The number of aryl methyl sites for hydroxylation is 1. The lowest BCUT2D eigenvalue weighted by atomic mass is 9.95. The number of piperidine rings is 1. The summed E-state index contributed by atoms with van der Waals surface area (Å²) in [6.07, 6.45) is 5.48. The average molecular weight is 322 g/mol. The van der Waals surface area contributed by atoms with Gasteiger partial charge in [0.2, 0.25) is 16.9 Å². The number of aromatic nitrogens is 2. The van der Waals surface area contributed by atoms with Gasteiger partial charge in [0.15, 0.2) is 0 Å². The molecule has 2 fully saturated rings. The van der Waals surface area contributed by atoms with E-state index in [-0.39, 0.29) is 23.7 Å². The molecule has 1 aliphatic heterocycles. The Balaban J connectivity index is 1.47. The highest BCUT2D eigenvalue weighted by atomic mass is 32.1. The predicted molar refractivity (Wildman–Crippen MR) is 84.6 cm³/mol. The third kappa shape index (κ3) is 3.63. The fourth-order valence-corrected chi connectivity index (χ4v) is 3.62. The second-order valence-electron chi connectivity index (χ2n) is 6.11. The lowest BCUT2D eigenvalue weighted by molar-refractivity contribution is -0.135. The van der Waals surface area contributed by atoms with E-state index in [9.17, 15) is 9.59 Å². The van der Waals surface area contributed by atoms with Crippen LogP contribution in [0.3, 0.4) is 0 Å². The number of likely N-dealkylation sites (tertiary alicyclic amines) is 1. The molecule has 2 amide bonds. The summed E-state index contributed by atoms with van der Waals surface area (Å²) in [4.78, 5) is 26.2. The maximum Gasteiger partial charge on any atom is 0.229 e. The molecule has 1 aromatic rings. The van der Waals surface area contributed by atoms with E-state index in [0.717, 1.165) is 43.5 Å². The fourth-order valence-electron chi connectivity index (χ4n) is 2.78. The van der Waals surface area contributed by atoms with Crippen molar-refractivity contribution in [2.75, 3.05) is 18.4 Å². The van der Waals surface area contributed by atoms with E-state index in [0.29, 0.717) is 18.2 Å². The van der Waals surface area contributed by atoms with Crippen LogP contribution in [0.15, 0.2) is 0 Å². The smallest absolute Gasteiger partial charge is 0.229 e. The highest BCUT2D eigenvalue weighted by Crippen LogP contribution is 2.32. The molecule has 1 saturated heterocycles. The predicted octanol–water partition coefficient (Wildman–Crippen LogP) is 2.08. The number of nitrogens with zero attached hydrogens (tertiary/aromatic N) is 3. The minimum Gasteiger partial charge on any atom is -0.342 e. The van der Waals surface area contributed by atoms with Crippen LogP contribution in [0.1, 0.15) is 44.0 Å². The van der Waals surface area contributed by atoms with E-state index in [1.807, 2.05) is 4.90 Å². The Bertz CT molecular complexity index is 547. The minimum absolute atomic E-state index is 0.0118. The molecule has 1 aliphatic carbocycles. The maximum atomic E-state index is 12.3. The molecule has 22 heavy (non-hydrogen) atoms. The molecule has 0 radical (unpaired) electrons. The topological polar surface area (TPSA) is 75.2 Å². The molecule has 0 atom stereocenters. The molecule has 0 spiro atoms. The number of carbonyl (C=O) groups excluding carboxylic acids is 2. The summed E-state index contributed by atoms with van der Waals surface area (Å²) in [5.41, 5.74) is 0. The quantitative estimate of drug-likeness (QED) is 0.900. The Morgan fingerprint density at radius 1 is 1.18 bits per heavy atom. The number of hydrogen-bond acceptors (Lipinski definition) is 5. The van der Waals surface area contributed by atoms with Crippen LogP contribution in [0, 0.1) is 11.8 Å². The molecule has 6 nitrogen and oxygen atoms in total. The number of carbonyl (C=O) groups is 2. The molecule has 1 saturated carbocycles. The monoisotopic (exact) mass is 322 g/mol. The molecular formula is C15H22N4O2S. The van der Waals surface area contributed by atoms with Crippen LogP contribution in [-0.2, 0) is 16.0 Å². The van der Waals surface area contributed by atoms with Crippen LogP contribution < -0.4 is 5.32 Å². The lowest BCUT2D eigenvalue weighted by Crippen LogP contribution is -2.42. The van der Waals surface area contributed by atoms with E-state index in [1.165, 1.54) is 11.3 Å². The summed E-state index contributed by atoms with van der Waals surface area (Å²) in [5.74, 6) is 0.537. The normalized spacial score (nSPS) is 19.2. The van der Waals surface area contributed by atoms with Crippen molar-refractivity contribution in [2.24, 2.45) is 11.8 Å². The highest BCUT2D eigenvalue weighted by Gasteiger charge is 2.36. The number of rotatable bonds is 5. The second-order valence-corrected chi connectivity index (χ2v) is 7.18. The fraction of sp³-hybridized carbons (Fsp3) is 0.733. The van der Waals surface area contributed by atoms with E-state index in [4.69, 9.17) is 0 Å². The summed E-state index contributed by atoms with van der Waals surface area (Å²) in [6.45, 7) is 3.49. The molecular weight excluding hydrogens is 300 g/mol. The molecule has 1 N–H and O–H groups in total. The third-order valence-electron chi connectivity index (χ3n) is 4.26. The van der Waals surface area contributed by atoms with Crippen molar-refractivity contribution >= 4 is 28.3 Å². The van der Waals surface area contributed by atoms with Crippen molar-refractivity contribution in [3.8, 4) is 0 Å². The standard InChI is InChI=1S/C15H22N4O2S/c1-2-3-12-17-18-15(22-12)16-13(20)10-6-8-19(9-7-10)14(21)11-4-5-11/h10-11H,2-9H2,1H3,(H,16,18,20). The van der Waals surface area contributed by atoms with Gasteiger partial charge in [-0.15, -0.1) is 10.2 Å². The van der Waals surface area contributed by atoms with Gasteiger partial charge in [0, 0.05) is 31.3 Å². The van der Waals surface area contributed by atoms with Gasteiger partial charge >= 0.3 is 0 Å². The van der Waals surface area contributed by atoms with Crippen molar-refractivity contribution in [1.29, 1.82) is 0 Å². The zero-order valence-electron chi connectivity index (χ0n) is 12.9. The molecule has 0 unspecified atom stereocenters. The van der Waals surface area contributed by atoms with E-state index < -0.39 is 0 Å². The molecule has 1 aromatic heterocycles. The molecule has 7 heteroatoms. The van der Waals surface area contributed by atoms with Gasteiger partial charge < -0.3 is 10.2 Å². The van der Waals surface area contributed by atoms with Crippen LogP contribution in [0.2, 0.25) is 0 Å². The van der Waals surface area contributed by atoms with Crippen LogP contribution in [0.25, 0.3) is 0 Å².